The Morgan fingerprint density at radius 1 is 1.15 bits per heavy atom. The van der Waals surface area contributed by atoms with E-state index in [4.69, 9.17) is 9.47 Å². The summed E-state index contributed by atoms with van der Waals surface area (Å²) in [5, 5.41) is 0.910. The van der Waals surface area contributed by atoms with Crippen LogP contribution in [0.15, 0.2) is 58.5 Å². The van der Waals surface area contributed by atoms with Crippen molar-refractivity contribution in [2.24, 2.45) is 0 Å². The number of carbonyl (C=O) groups is 1. The lowest BCUT2D eigenvalue weighted by Crippen LogP contribution is -2.23. The van der Waals surface area contributed by atoms with Crippen molar-refractivity contribution in [1.82, 2.24) is 9.55 Å². The van der Waals surface area contributed by atoms with Crippen molar-refractivity contribution in [2.45, 2.75) is 12.1 Å². The Labute approximate surface area is 154 Å². The van der Waals surface area contributed by atoms with Gasteiger partial charge < -0.3 is 9.47 Å². The minimum Gasteiger partial charge on any atom is -0.492 e. The third-order valence-electron chi connectivity index (χ3n) is 3.70. The number of thioether (sulfide) groups is 1. The molecular formula is C19H18N2O4S. The van der Waals surface area contributed by atoms with Gasteiger partial charge in [0, 0.05) is 0 Å². The predicted octanol–water partition coefficient (Wildman–Crippen LogP) is 3.05. The average Bonchev–Trinajstić information content (AvgIpc) is 2.67. The number of esters is 1. The largest absolute Gasteiger partial charge is 0.492 e. The van der Waals surface area contributed by atoms with Gasteiger partial charge in [-0.3, -0.25) is 14.2 Å². The molecule has 0 unspecified atom stereocenters. The summed E-state index contributed by atoms with van der Waals surface area (Å²) in [6.45, 7) is 2.35. The highest BCUT2D eigenvalue weighted by molar-refractivity contribution is 7.99. The monoisotopic (exact) mass is 370 g/mol. The molecule has 3 aromatic rings. The number of benzene rings is 2. The van der Waals surface area contributed by atoms with Gasteiger partial charge in [0.05, 0.1) is 36.1 Å². The van der Waals surface area contributed by atoms with Crippen LogP contribution in [-0.2, 0) is 9.53 Å². The fraction of sp³-hybridized carbons (Fsp3) is 0.211. The van der Waals surface area contributed by atoms with E-state index >= 15 is 0 Å². The number of hydrogen-bond donors (Lipinski definition) is 0. The number of fused-ring (bicyclic) bond motifs is 1. The molecule has 0 bridgehead atoms. The number of aromatic nitrogens is 2. The first-order valence-corrected chi connectivity index (χ1v) is 9.08. The van der Waals surface area contributed by atoms with Gasteiger partial charge in [-0.15, -0.1) is 0 Å². The van der Waals surface area contributed by atoms with Crippen LogP contribution in [0.4, 0.5) is 0 Å². The summed E-state index contributed by atoms with van der Waals surface area (Å²) in [6, 6.07) is 14.4. The molecule has 0 aliphatic rings. The van der Waals surface area contributed by atoms with Crippen molar-refractivity contribution < 1.29 is 14.3 Å². The first-order chi connectivity index (χ1) is 12.7. The van der Waals surface area contributed by atoms with Gasteiger partial charge in [-0.25, -0.2) is 4.98 Å². The Bertz CT molecular complexity index is 1000. The van der Waals surface area contributed by atoms with E-state index in [9.17, 15) is 9.59 Å². The molecule has 1 aromatic heterocycles. The van der Waals surface area contributed by atoms with Gasteiger partial charge in [-0.1, -0.05) is 36.0 Å². The summed E-state index contributed by atoms with van der Waals surface area (Å²) in [4.78, 5) is 29.3. The fourth-order valence-corrected chi connectivity index (χ4v) is 3.36. The molecule has 0 radical (unpaired) electrons. The Morgan fingerprint density at radius 3 is 2.65 bits per heavy atom. The molecule has 7 heteroatoms. The number of hydrogen-bond acceptors (Lipinski definition) is 6. The van der Waals surface area contributed by atoms with E-state index in [0.29, 0.717) is 34.1 Å². The van der Waals surface area contributed by atoms with E-state index in [1.54, 1.807) is 30.3 Å². The molecular weight excluding hydrogens is 352 g/mol. The number of methoxy groups -OCH3 is 1. The summed E-state index contributed by atoms with van der Waals surface area (Å²) >= 11 is 1.15. The first-order valence-electron chi connectivity index (χ1n) is 8.09. The molecule has 2 aromatic carbocycles. The third-order valence-corrected chi connectivity index (χ3v) is 4.61. The minimum absolute atomic E-state index is 0.0537. The number of carbonyl (C=O) groups excluding carboxylic acids is 1. The Kier molecular flexibility index (Phi) is 5.58. The normalized spacial score (nSPS) is 10.7. The second-order valence-electron chi connectivity index (χ2n) is 5.32. The first kappa shape index (κ1) is 18.0. The van der Waals surface area contributed by atoms with Crippen LogP contribution in [0.1, 0.15) is 6.92 Å². The van der Waals surface area contributed by atoms with E-state index in [1.807, 2.05) is 25.1 Å². The lowest BCUT2D eigenvalue weighted by Gasteiger charge is -2.16. The molecule has 134 valence electrons. The van der Waals surface area contributed by atoms with Crippen molar-refractivity contribution in [3.8, 4) is 11.4 Å². The van der Waals surface area contributed by atoms with Crippen LogP contribution in [-0.4, -0.2) is 35.0 Å². The van der Waals surface area contributed by atoms with Crippen LogP contribution in [0.5, 0.6) is 5.75 Å². The Balaban J connectivity index is 2.23. The summed E-state index contributed by atoms with van der Waals surface area (Å²) in [7, 11) is 1.33. The summed E-state index contributed by atoms with van der Waals surface area (Å²) in [6.07, 6.45) is 0. The molecule has 0 amide bonds. The van der Waals surface area contributed by atoms with E-state index in [1.165, 1.54) is 11.7 Å². The topological polar surface area (TPSA) is 70.4 Å². The maximum absolute atomic E-state index is 13.2. The molecule has 0 saturated carbocycles. The van der Waals surface area contributed by atoms with Gasteiger partial charge in [-0.05, 0) is 31.2 Å². The second-order valence-corrected chi connectivity index (χ2v) is 6.26. The zero-order valence-electron chi connectivity index (χ0n) is 14.5. The van der Waals surface area contributed by atoms with E-state index in [-0.39, 0.29) is 17.3 Å². The quantitative estimate of drug-likeness (QED) is 0.377. The van der Waals surface area contributed by atoms with Gasteiger partial charge in [-0.2, -0.15) is 0 Å². The van der Waals surface area contributed by atoms with Crippen molar-refractivity contribution in [1.29, 1.82) is 0 Å². The number of nitrogens with zero attached hydrogens (tertiary/aromatic N) is 2. The number of ether oxygens (including phenoxy) is 2. The van der Waals surface area contributed by atoms with Crippen molar-refractivity contribution >= 4 is 28.6 Å². The molecule has 0 N–H and O–H groups in total. The lowest BCUT2D eigenvalue weighted by atomic mass is 10.2. The zero-order valence-corrected chi connectivity index (χ0v) is 15.3. The second kappa shape index (κ2) is 8.05. The predicted molar refractivity (Wildman–Crippen MR) is 101 cm³/mol. The fourth-order valence-electron chi connectivity index (χ4n) is 2.52. The maximum atomic E-state index is 13.2. The van der Waals surface area contributed by atoms with Crippen LogP contribution < -0.4 is 10.3 Å². The van der Waals surface area contributed by atoms with Crippen LogP contribution in [0, 0.1) is 0 Å². The molecule has 0 fully saturated rings. The summed E-state index contributed by atoms with van der Waals surface area (Å²) in [5.74, 6) is 0.245. The maximum Gasteiger partial charge on any atom is 0.316 e. The highest BCUT2D eigenvalue weighted by Gasteiger charge is 2.17. The van der Waals surface area contributed by atoms with E-state index in [0.717, 1.165) is 11.8 Å². The van der Waals surface area contributed by atoms with Crippen LogP contribution in [0.3, 0.4) is 0 Å². The van der Waals surface area contributed by atoms with Gasteiger partial charge in [0.15, 0.2) is 5.16 Å². The van der Waals surface area contributed by atoms with E-state index in [2.05, 4.69) is 4.98 Å². The van der Waals surface area contributed by atoms with Gasteiger partial charge in [0.2, 0.25) is 0 Å². The Morgan fingerprint density at radius 2 is 1.88 bits per heavy atom. The molecule has 0 atom stereocenters. The number of rotatable bonds is 6. The molecule has 0 saturated heterocycles. The van der Waals surface area contributed by atoms with E-state index < -0.39 is 0 Å². The van der Waals surface area contributed by atoms with Crippen LogP contribution in [0.2, 0.25) is 0 Å². The SMILES string of the molecule is CCOc1ccccc1-n1c(SCC(=O)OC)nc2ccccc2c1=O. The van der Waals surface area contributed by atoms with Gasteiger partial charge in [0.25, 0.3) is 5.56 Å². The standard InChI is InChI=1S/C19H18N2O4S/c1-3-25-16-11-7-6-10-15(16)21-18(23)13-8-4-5-9-14(13)20-19(21)26-12-17(22)24-2/h4-11H,3,12H2,1-2H3. The molecule has 0 spiro atoms. The van der Waals surface area contributed by atoms with Crippen molar-refractivity contribution in [3.05, 3.63) is 58.9 Å². The molecule has 26 heavy (non-hydrogen) atoms. The molecule has 0 aliphatic heterocycles. The molecule has 1 heterocycles. The van der Waals surface area contributed by atoms with Crippen molar-refractivity contribution in [2.75, 3.05) is 19.5 Å². The minimum atomic E-state index is -0.387. The highest BCUT2D eigenvalue weighted by atomic mass is 32.2. The van der Waals surface area contributed by atoms with Crippen LogP contribution >= 0.6 is 11.8 Å². The van der Waals surface area contributed by atoms with Gasteiger partial charge >= 0.3 is 5.97 Å². The molecule has 0 aliphatic carbocycles. The molecule has 3 rings (SSSR count). The smallest absolute Gasteiger partial charge is 0.316 e. The Hall–Kier alpha value is -2.80. The van der Waals surface area contributed by atoms with Gasteiger partial charge in [0.1, 0.15) is 5.75 Å². The molecule has 6 nitrogen and oxygen atoms in total. The lowest BCUT2D eigenvalue weighted by molar-refractivity contribution is -0.137. The third kappa shape index (κ3) is 3.57. The summed E-state index contributed by atoms with van der Waals surface area (Å²) in [5.41, 5.74) is 0.954. The van der Waals surface area contributed by atoms with Crippen molar-refractivity contribution in [3.63, 3.8) is 0 Å². The highest BCUT2D eigenvalue weighted by Crippen LogP contribution is 2.27. The summed E-state index contributed by atoms with van der Waals surface area (Å²) < 4.78 is 11.9. The zero-order chi connectivity index (χ0) is 18.5. The van der Waals surface area contributed by atoms with Crippen LogP contribution in [0.25, 0.3) is 16.6 Å². The average molecular weight is 370 g/mol. The number of para-hydroxylation sites is 3.